The molecule has 2 amide bonds. The van der Waals surface area contributed by atoms with E-state index in [1.807, 2.05) is 30.3 Å². The van der Waals surface area contributed by atoms with Gasteiger partial charge < -0.3 is 5.32 Å². The van der Waals surface area contributed by atoms with Crippen molar-refractivity contribution >= 4 is 24.2 Å². The van der Waals surface area contributed by atoms with E-state index < -0.39 is 0 Å². The number of fused-ring (bicyclic) bond motifs is 1. The highest BCUT2D eigenvalue weighted by atomic mass is 35.5. The first-order valence-corrected chi connectivity index (χ1v) is 6.40. The molecule has 2 atom stereocenters. The zero-order valence-corrected chi connectivity index (χ0v) is 11.4. The van der Waals surface area contributed by atoms with Crippen LogP contribution < -0.4 is 5.32 Å². The number of nitrogens with zero attached hydrogens (tertiary/aromatic N) is 1. The van der Waals surface area contributed by atoms with Gasteiger partial charge in [0.25, 0.3) is 0 Å². The first kappa shape index (κ1) is 14.0. The molecular formula is C14H17ClN2O2. The molecule has 1 aromatic rings. The molecule has 19 heavy (non-hydrogen) atoms. The van der Waals surface area contributed by atoms with Gasteiger partial charge in [-0.05, 0) is 24.9 Å². The molecule has 102 valence electrons. The SMILES string of the molecule is Cl.O=C1[C@H]2NCCC[C@H]2C(=O)N1Cc1ccccc1. The van der Waals surface area contributed by atoms with Gasteiger partial charge in [-0.3, -0.25) is 14.5 Å². The molecule has 1 aromatic carbocycles. The quantitative estimate of drug-likeness (QED) is 0.832. The van der Waals surface area contributed by atoms with Gasteiger partial charge in [-0.25, -0.2) is 0 Å². The molecule has 2 heterocycles. The zero-order chi connectivity index (χ0) is 12.5. The molecule has 4 nitrogen and oxygen atoms in total. The number of amides is 2. The van der Waals surface area contributed by atoms with Gasteiger partial charge in [-0.2, -0.15) is 0 Å². The number of hydrogen-bond donors (Lipinski definition) is 1. The van der Waals surface area contributed by atoms with Gasteiger partial charge >= 0.3 is 0 Å². The van der Waals surface area contributed by atoms with E-state index >= 15 is 0 Å². The van der Waals surface area contributed by atoms with Gasteiger partial charge in [0.2, 0.25) is 11.8 Å². The minimum atomic E-state index is -0.282. The lowest BCUT2D eigenvalue weighted by atomic mass is 9.93. The van der Waals surface area contributed by atoms with Crippen LogP contribution in [0.3, 0.4) is 0 Å². The molecule has 0 bridgehead atoms. The normalized spacial score (nSPS) is 26.0. The molecular weight excluding hydrogens is 264 g/mol. The number of halogens is 1. The maximum atomic E-state index is 12.2. The molecule has 0 saturated carbocycles. The minimum Gasteiger partial charge on any atom is -0.305 e. The first-order chi connectivity index (χ1) is 8.77. The fourth-order valence-corrected chi connectivity index (χ4v) is 2.81. The maximum absolute atomic E-state index is 12.2. The van der Waals surface area contributed by atoms with Crippen LogP contribution in [0, 0.1) is 5.92 Å². The van der Waals surface area contributed by atoms with Crippen molar-refractivity contribution in [1.29, 1.82) is 0 Å². The van der Waals surface area contributed by atoms with E-state index in [-0.39, 0.29) is 36.2 Å². The molecule has 0 radical (unpaired) electrons. The zero-order valence-electron chi connectivity index (χ0n) is 10.5. The summed E-state index contributed by atoms with van der Waals surface area (Å²) in [5.41, 5.74) is 0.998. The van der Waals surface area contributed by atoms with Crippen LogP contribution in [0.1, 0.15) is 18.4 Å². The number of piperidine rings is 1. The van der Waals surface area contributed by atoms with E-state index in [2.05, 4.69) is 5.32 Å². The summed E-state index contributed by atoms with van der Waals surface area (Å²) in [5, 5.41) is 3.16. The molecule has 0 unspecified atom stereocenters. The summed E-state index contributed by atoms with van der Waals surface area (Å²) in [4.78, 5) is 25.8. The molecule has 2 aliphatic rings. The van der Waals surface area contributed by atoms with Crippen molar-refractivity contribution in [1.82, 2.24) is 10.2 Å². The van der Waals surface area contributed by atoms with Gasteiger partial charge in [-0.1, -0.05) is 30.3 Å². The third-order valence-electron chi connectivity index (χ3n) is 3.76. The minimum absolute atomic E-state index is 0. The first-order valence-electron chi connectivity index (χ1n) is 6.40. The van der Waals surface area contributed by atoms with E-state index in [4.69, 9.17) is 0 Å². The third kappa shape index (κ3) is 2.51. The second-order valence-corrected chi connectivity index (χ2v) is 4.93. The largest absolute Gasteiger partial charge is 0.305 e. The average Bonchev–Trinajstić information content (AvgIpc) is 2.66. The summed E-state index contributed by atoms with van der Waals surface area (Å²) in [6, 6.07) is 9.37. The fraction of sp³-hybridized carbons (Fsp3) is 0.429. The van der Waals surface area contributed by atoms with Gasteiger partial charge in [0.05, 0.1) is 18.5 Å². The predicted octanol–water partition coefficient (Wildman–Crippen LogP) is 1.35. The molecule has 1 N–H and O–H groups in total. The standard InChI is InChI=1S/C14H16N2O2.ClH/c17-13-11-7-4-8-15-12(11)14(18)16(13)9-10-5-2-1-3-6-10;/h1-3,5-6,11-12,15H,4,7-9H2;1H/t11-,12+;/m1./s1. The average molecular weight is 281 g/mol. The summed E-state index contributed by atoms with van der Waals surface area (Å²) < 4.78 is 0. The Balaban J connectivity index is 0.00000133. The molecule has 0 aliphatic carbocycles. The van der Waals surface area contributed by atoms with Crippen molar-refractivity contribution in [3.8, 4) is 0 Å². The summed E-state index contributed by atoms with van der Waals surface area (Å²) in [7, 11) is 0. The number of hydrogen-bond acceptors (Lipinski definition) is 3. The van der Waals surface area contributed by atoms with Crippen LogP contribution in [0.5, 0.6) is 0 Å². The molecule has 3 rings (SSSR count). The highest BCUT2D eigenvalue weighted by molar-refractivity contribution is 6.07. The number of rotatable bonds is 2. The summed E-state index contributed by atoms with van der Waals surface area (Å²) in [5.74, 6) is -0.218. The van der Waals surface area contributed by atoms with Gasteiger partial charge in [0, 0.05) is 0 Å². The molecule has 0 aromatic heterocycles. The van der Waals surface area contributed by atoms with Crippen LogP contribution in [0.25, 0.3) is 0 Å². The Morgan fingerprint density at radius 2 is 1.89 bits per heavy atom. The number of benzene rings is 1. The Morgan fingerprint density at radius 3 is 2.58 bits per heavy atom. The summed E-state index contributed by atoms with van der Waals surface area (Å²) in [6.07, 6.45) is 1.80. The van der Waals surface area contributed by atoms with E-state index in [0.717, 1.165) is 24.9 Å². The number of carbonyl (C=O) groups excluding carboxylic acids is 2. The third-order valence-corrected chi connectivity index (χ3v) is 3.76. The van der Waals surface area contributed by atoms with Crippen molar-refractivity contribution < 1.29 is 9.59 Å². The number of imide groups is 1. The van der Waals surface area contributed by atoms with Crippen molar-refractivity contribution in [2.45, 2.75) is 25.4 Å². The van der Waals surface area contributed by atoms with E-state index in [0.29, 0.717) is 6.54 Å². The van der Waals surface area contributed by atoms with Crippen LogP contribution >= 0.6 is 12.4 Å². The second-order valence-electron chi connectivity index (χ2n) is 4.93. The van der Waals surface area contributed by atoms with Crippen molar-refractivity contribution in [3.05, 3.63) is 35.9 Å². The van der Waals surface area contributed by atoms with Gasteiger partial charge in [0.15, 0.2) is 0 Å². The van der Waals surface area contributed by atoms with Crippen LogP contribution in [0.4, 0.5) is 0 Å². The predicted molar refractivity (Wildman–Crippen MR) is 73.8 cm³/mol. The Hall–Kier alpha value is -1.39. The lowest BCUT2D eigenvalue weighted by molar-refractivity contribution is -0.140. The van der Waals surface area contributed by atoms with Crippen molar-refractivity contribution in [2.24, 2.45) is 5.92 Å². The molecule has 0 spiro atoms. The smallest absolute Gasteiger partial charge is 0.247 e. The topological polar surface area (TPSA) is 49.4 Å². The van der Waals surface area contributed by atoms with Crippen LogP contribution in [0.2, 0.25) is 0 Å². The lowest BCUT2D eigenvalue weighted by Crippen LogP contribution is -2.44. The van der Waals surface area contributed by atoms with Crippen molar-refractivity contribution in [3.63, 3.8) is 0 Å². The number of carbonyl (C=O) groups is 2. The van der Waals surface area contributed by atoms with E-state index in [1.165, 1.54) is 4.90 Å². The van der Waals surface area contributed by atoms with Gasteiger partial charge in [0.1, 0.15) is 0 Å². The molecule has 2 saturated heterocycles. The molecule has 2 fully saturated rings. The summed E-state index contributed by atoms with van der Waals surface area (Å²) >= 11 is 0. The molecule has 2 aliphatic heterocycles. The number of likely N-dealkylation sites (tertiary alicyclic amines) is 1. The van der Waals surface area contributed by atoms with Crippen molar-refractivity contribution in [2.75, 3.05) is 6.54 Å². The maximum Gasteiger partial charge on any atom is 0.247 e. The summed E-state index contributed by atoms with van der Waals surface area (Å²) in [6.45, 7) is 1.23. The van der Waals surface area contributed by atoms with Crippen LogP contribution in [-0.4, -0.2) is 29.3 Å². The second kappa shape index (κ2) is 5.72. The molecule has 5 heteroatoms. The van der Waals surface area contributed by atoms with E-state index in [9.17, 15) is 9.59 Å². The van der Waals surface area contributed by atoms with Crippen LogP contribution in [-0.2, 0) is 16.1 Å². The highest BCUT2D eigenvalue weighted by Gasteiger charge is 2.48. The van der Waals surface area contributed by atoms with Crippen LogP contribution in [0.15, 0.2) is 30.3 Å². The Morgan fingerprint density at radius 1 is 1.16 bits per heavy atom. The van der Waals surface area contributed by atoms with E-state index in [1.54, 1.807) is 0 Å². The fourth-order valence-electron chi connectivity index (χ4n) is 2.81. The Kier molecular flexibility index (Phi) is 4.22. The Labute approximate surface area is 118 Å². The van der Waals surface area contributed by atoms with Gasteiger partial charge in [-0.15, -0.1) is 12.4 Å². The highest BCUT2D eigenvalue weighted by Crippen LogP contribution is 2.28. The number of nitrogens with one attached hydrogen (secondary N) is 1. The monoisotopic (exact) mass is 280 g/mol. The Bertz CT molecular complexity index is 454. The lowest BCUT2D eigenvalue weighted by Gasteiger charge is -2.21.